The van der Waals surface area contributed by atoms with Crippen LogP contribution in [0.25, 0.3) is 0 Å². The molecule has 0 heterocycles. The molecule has 0 aliphatic rings. The number of anilines is 1. The summed E-state index contributed by atoms with van der Waals surface area (Å²) in [6.07, 6.45) is 0. The average molecular weight is 494 g/mol. The van der Waals surface area contributed by atoms with Gasteiger partial charge < -0.3 is 15.5 Å². The average Bonchev–Trinajstić information content (AvgIpc) is 2.90. The molecule has 6 heteroatoms. The van der Waals surface area contributed by atoms with Crippen molar-refractivity contribution in [2.75, 3.05) is 12.4 Å². The molecule has 0 aliphatic heterocycles. The van der Waals surface area contributed by atoms with Gasteiger partial charge in [0, 0.05) is 13.6 Å². The van der Waals surface area contributed by atoms with Crippen LogP contribution < -0.4 is 10.6 Å². The Morgan fingerprint density at radius 1 is 0.750 bits per heavy atom. The third-order valence-electron chi connectivity index (χ3n) is 5.78. The standard InChI is InChI=1S/C30H27N3O2S/c1-33(21-22-13-5-2-6-14-22)29(35)25-19-11-12-20-26(25)31-30(36)32-28(34)27(23-15-7-3-8-16-23)24-17-9-4-10-18-24/h2-20,27H,21H2,1H3,(H2,31,32,34,36). The molecule has 180 valence electrons. The molecule has 4 aromatic carbocycles. The quantitative estimate of drug-likeness (QED) is 0.329. The zero-order valence-corrected chi connectivity index (χ0v) is 20.7. The largest absolute Gasteiger partial charge is 0.337 e. The van der Waals surface area contributed by atoms with E-state index in [-0.39, 0.29) is 16.9 Å². The summed E-state index contributed by atoms with van der Waals surface area (Å²) >= 11 is 5.48. The summed E-state index contributed by atoms with van der Waals surface area (Å²) in [6.45, 7) is 0.477. The van der Waals surface area contributed by atoms with Crippen LogP contribution in [0.4, 0.5) is 5.69 Å². The van der Waals surface area contributed by atoms with Crippen molar-refractivity contribution >= 4 is 34.8 Å². The van der Waals surface area contributed by atoms with E-state index in [1.165, 1.54) is 0 Å². The third kappa shape index (κ3) is 6.23. The van der Waals surface area contributed by atoms with E-state index in [0.29, 0.717) is 17.8 Å². The normalized spacial score (nSPS) is 10.5. The number of hydrogen-bond acceptors (Lipinski definition) is 3. The molecule has 0 radical (unpaired) electrons. The first-order valence-electron chi connectivity index (χ1n) is 11.6. The van der Waals surface area contributed by atoms with Gasteiger partial charge in [0.1, 0.15) is 0 Å². The van der Waals surface area contributed by atoms with Crippen molar-refractivity contribution in [2.45, 2.75) is 12.5 Å². The second kappa shape index (κ2) is 11.9. The lowest BCUT2D eigenvalue weighted by molar-refractivity contribution is -0.120. The summed E-state index contributed by atoms with van der Waals surface area (Å²) in [6, 6.07) is 36.1. The molecule has 4 rings (SSSR count). The van der Waals surface area contributed by atoms with Crippen LogP contribution in [0.2, 0.25) is 0 Å². The first-order valence-corrected chi connectivity index (χ1v) is 12.0. The number of carbonyl (C=O) groups excluding carboxylic acids is 2. The molecule has 5 nitrogen and oxygen atoms in total. The predicted octanol–water partition coefficient (Wildman–Crippen LogP) is 5.60. The number of carbonyl (C=O) groups is 2. The minimum Gasteiger partial charge on any atom is -0.337 e. The molecule has 0 aliphatic carbocycles. The Hall–Kier alpha value is -4.29. The number of para-hydroxylation sites is 1. The third-order valence-corrected chi connectivity index (χ3v) is 5.98. The monoisotopic (exact) mass is 493 g/mol. The Balaban J connectivity index is 1.49. The number of benzene rings is 4. The van der Waals surface area contributed by atoms with Gasteiger partial charge in [0.05, 0.1) is 17.2 Å². The number of thiocarbonyl (C=S) groups is 1. The van der Waals surface area contributed by atoms with Gasteiger partial charge in [-0.25, -0.2) is 0 Å². The molecule has 2 amide bonds. The van der Waals surface area contributed by atoms with Gasteiger partial charge in [-0.3, -0.25) is 9.59 Å². The van der Waals surface area contributed by atoms with E-state index in [9.17, 15) is 9.59 Å². The molecule has 0 bridgehead atoms. The van der Waals surface area contributed by atoms with Gasteiger partial charge in [-0.2, -0.15) is 0 Å². The van der Waals surface area contributed by atoms with Crippen LogP contribution in [0.3, 0.4) is 0 Å². The van der Waals surface area contributed by atoms with Gasteiger partial charge in [0.2, 0.25) is 5.91 Å². The number of hydrogen-bond donors (Lipinski definition) is 2. The summed E-state index contributed by atoms with van der Waals surface area (Å²) in [5.41, 5.74) is 3.76. The lowest BCUT2D eigenvalue weighted by atomic mass is 9.90. The molecule has 0 saturated carbocycles. The zero-order chi connectivity index (χ0) is 25.3. The minimum absolute atomic E-state index is 0.128. The van der Waals surface area contributed by atoms with E-state index >= 15 is 0 Å². The maximum absolute atomic E-state index is 13.4. The minimum atomic E-state index is -0.527. The Kier molecular flexibility index (Phi) is 8.21. The summed E-state index contributed by atoms with van der Waals surface area (Å²) in [4.78, 5) is 28.2. The SMILES string of the molecule is CN(Cc1ccccc1)C(=O)c1ccccc1NC(=S)NC(=O)C(c1ccccc1)c1ccccc1. The molecule has 0 aromatic heterocycles. The molecular weight excluding hydrogens is 466 g/mol. The molecule has 4 aromatic rings. The fourth-order valence-corrected chi connectivity index (χ4v) is 4.25. The second-order valence-electron chi connectivity index (χ2n) is 8.39. The zero-order valence-electron chi connectivity index (χ0n) is 19.9. The molecule has 0 saturated heterocycles. The van der Waals surface area contributed by atoms with E-state index < -0.39 is 5.92 Å². The highest BCUT2D eigenvalue weighted by Gasteiger charge is 2.24. The van der Waals surface area contributed by atoms with Crippen LogP contribution >= 0.6 is 12.2 Å². The van der Waals surface area contributed by atoms with E-state index in [1.54, 1.807) is 30.1 Å². The van der Waals surface area contributed by atoms with Crippen LogP contribution in [0.1, 0.15) is 33.0 Å². The van der Waals surface area contributed by atoms with Crippen LogP contribution in [0, 0.1) is 0 Å². The van der Waals surface area contributed by atoms with Gasteiger partial charge in [-0.1, -0.05) is 103 Å². The lowest BCUT2D eigenvalue weighted by Gasteiger charge is -2.21. The van der Waals surface area contributed by atoms with E-state index in [0.717, 1.165) is 16.7 Å². The van der Waals surface area contributed by atoms with Gasteiger partial charge in [0.25, 0.3) is 5.91 Å². The van der Waals surface area contributed by atoms with Crippen molar-refractivity contribution in [3.63, 3.8) is 0 Å². The van der Waals surface area contributed by atoms with Crippen molar-refractivity contribution in [1.82, 2.24) is 10.2 Å². The van der Waals surface area contributed by atoms with E-state index in [2.05, 4.69) is 10.6 Å². The van der Waals surface area contributed by atoms with Crippen molar-refractivity contribution in [3.05, 3.63) is 138 Å². The lowest BCUT2D eigenvalue weighted by Crippen LogP contribution is -2.38. The molecule has 2 N–H and O–H groups in total. The first-order chi connectivity index (χ1) is 17.5. The Morgan fingerprint density at radius 3 is 1.83 bits per heavy atom. The molecule has 0 unspecified atom stereocenters. The Bertz CT molecular complexity index is 1290. The first kappa shape index (κ1) is 24.8. The number of rotatable bonds is 7. The molecule has 0 atom stereocenters. The van der Waals surface area contributed by atoms with Crippen molar-refractivity contribution in [3.8, 4) is 0 Å². The topological polar surface area (TPSA) is 61.4 Å². The van der Waals surface area contributed by atoms with Crippen LogP contribution in [0.15, 0.2) is 115 Å². The van der Waals surface area contributed by atoms with Crippen molar-refractivity contribution in [2.24, 2.45) is 0 Å². The molecule has 0 fully saturated rings. The molecular formula is C30H27N3O2S. The predicted molar refractivity (Wildman–Crippen MR) is 148 cm³/mol. The van der Waals surface area contributed by atoms with Crippen molar-refractivity contribution < 1.29 is 9.59 Å². The van der Waals surface area contributed by atoms with Gasteiger partial charge in [-0.05, 0) is 41.0 Å². The highest BCUT2D eigenvalue weighted by Crippen LogP contribution is 2.25. The smallest absolute Gasteiger partial charge is 0.256 e. The van der Waals surface area contributed by atoms with Crippen molar-refractivity contribution in [1.29, 1.82) is 0 Å². The summed E-state index contributed by atoms with van der Waals surface area (Å²) in [5, 5.41) is 6.00. The highest BCUT2D eigenvalue weighted by molar-refractivity contribution is 7.80. The van der Waals surface area contributed by atoms with Gasteiger partial charge in [0.15, 0.2) is 5.11 Å². The van der Waals surface area contributed by atoms with Gasteiger partial charge >= 0.3 is 0 Å². The molecule has 0 spiro atoms. The Labute approximate surface area is 216 Å². The van der Waals surface area contributed by atoms with Gasteiger partial charge in [-0.15, -0.1) is 0 Å². The van der Waals surface area contributed by atoms with E-state index in [4.69, 9.17) is 12.2 Å². The maximum atomic E-state index is 13.4. The van der Waals surface area contributed by atoms with Crippen LogP contribution in [-0.2, 0) is 11.3 Å². The molecule has 36 heavy (non-hydrogen) atoms. The number of nitrogens with zero attached hydrogens (tertiary/aromatic N) is 1. The van der Waals surface area contributed by atoms with Crippen LogP contribution in [-0.4, -0.2) is 28.9 Å². The second-order valence-corrected chi connectivity index (χ2v) is 8.80. The number of nitrogens with one attached hydrogen (secondary N) is 2. The summed E-state index contributed by atoms with van der Waals surface area (Å²) in [7, 11) is 1.76. The fourth-order valence-electron chi connectivity index (χ4n) is 4.04. The summed E-state index contributed by atoms with van der Waals surface area (Å²) in [5.74, 6) is -0.932. The Morgan fingerprint density at radius 2 is 1.25 bits per heavy atom. The maximum Gasteiger partial charge on any atom is 0.256 e. The highest BCUT2D eigenvalue weighted by atomic mass is 32.1. The number of amides is 2. The van der Waals surface area contributed by atoms with Crippen LogP contribution in [0.5, 0.6) is 0 Å². The van der Waals surface area contributed by atoms with E-state index in [1.807, 2.05) is 97.1 Å². The summed E-state index contributed by atoms with van der Waals surface area (Å²) < 4.78 is 0. The fraction of sp³-hybridized carbons (Fsp3) is 0.100.